The number of rotatable bonds is 4. The summed E-state index contributed by atoms with van der Waals surface area (Å²) in [5, 5.41) is 3.54. The Kier molecular flexibility index (Phi) is 5.41. The Morgan fingerprint density at radius 2 is 2.29 bits per heavy atom. The van der Waals surface area contributed by atoms with Crippen molar-refractivity contribution in [2.45, 2.75) is 32.7 Å². The van der Waals surface area contributed by atoms with Gasteiger partial charge in [-0.1, -0.05) is 13.8 Å². The van der Waals surface area contributed by atoms with E-state index in [2.05, 4.69) is 24.1 Å². The molecular weight excluding hydrogens is 179 g/mol. The molecule has 0 radical (unpaired) electrons. The average molecular weight is 202 g/mol. The molecule has 1 atom stereocenters. The Labute approximate surface area is 86.9 Å². The highest BCUT2D eigenvalue weighted by Gasteiger charge is 2.17. The molecule has 0 aliphatic carbocycles. The smallest absolute Gasteiger partial charge is 0.102 e. The van der Waals surface area contributed by atoms with E-state index >= 15 is 0 Å². The average Bonchev–Trinajstić information content (AvgIpc) is 2.30. The van der Waals surface area contributed by atoms with Crippen LogP contribution in [0.15, 0.2) is 0 Å². The first kappa shape index (κ1) is 11.9. The van der Waals surface area contributed by atoms with Gasteiger partial charge in [-0.2, -0.15) is 0 Å². The van der Waals surface area contributed by atoms with Gasteiger partial charge in [-0.15, -0.1) is 0 Å². The zero-order valence-electron chi connectivity index (χ0n) is 9.43. The maximum absolute atomic E-state index is 12.2. The molecule has 1 aliphatic heterocycles. The molecule has 0 aromatic carbocycles. The van der Waals surface area contributed by atoms with Crippen molar-refractivity contribution in [1.82, 2.24) is 10.2 Å². The predicted octanol–water partition coefficient (Wildman–Crippen LogP) is 1.67. The summed E-state index contributed by atoms with van der Waals surface area (Å²) in [6.07, 6.45) is 2.34. The van der Waals surface area contributed by atoms with E-state index in [1.807, 2.05) is 0 Å². The highest BCUT2D eigenvalue weighted by atomic mass is 19.1. The molecule has 1 aliphatic rings. The Morgan fingerprint density at radius 3 is 2.93 bits per heavy atom. The molecule has 1 fully saturated rings. The lowest BCUT2D eigenvalue weighted by Crippen LogP contribution is -2.39. The molecule has 0 aromatic rings. The fraction of sp³-hybridized carbons (Fsp3) is 1.00. The SMILES string of the molecule is CC(C)CC1CN(CCF)CCCN1. The molecule has 14 heavy (non-hydrogen) atoms. The highest BCUT2D eigenvalue weighted by Crippen LogP contribution is 2.09. The van der Waals surface area contributed by atoms with Crippen molar-refractivity contribution in [2.24, 2.45) is 5.92 Å². The summed E-state index contributed by atoms with van der Waals surface area (Å²) in [5.74, 6) is 0.720. The molecule has 2 nitrogen and oxygen atoms in total. The van der Waals surface area contributed by atoms with Gasteiger partial charge in [0.2, 0.25) is 0 Å². The van der Waals surface area contributed by atoms with E-state index in [1.165, 1.54) is 6.42 Å². The van der Waals surface area contributed by atoms with Gasteiger partial charge in [-0.25, -0.2) is 4.39 Å². The standard InChI is InChI=1S/C11H23FN2/c1-10(2)8-11-9-14(7-4-12)6-3-5-13-11/h10-11,13H,3-9H2,1-2H3. The van der Waals surface area contributed by atoms with E-state index < -0.39 is 0 Å². The van der Waals surface area contributed by atoms with Gasteiger partial charge in [0.15, 0.2) is 0 Å². The molecule has 1 N–H and O–H groups in total. The lowest BCUT2D eigenvalue weighted by atomic mass is 10.0. The van der Waals surface area contributed by atoms with E-state index in [0.717, 1.165) is 32.0 Å². The molecule has 1 rings (SSSR count). The quantitative estimate of drug-likeness (QED) is 0.746. The van der Waals surface area contributed by atoms with Crippen molar-refractivity contribution in [3.05, 3.63) is 0 Å². The van der Waals surface area contributed by atoms with Crippen molar-refractivity contribution in [3.63, 3.8) is 0 Å². The van der Waals surface area contributed by atoms with Crippen LogP contribution in [-0.2, 0) is 0 Å². The van der Waals surface area contributed by atoms with Crippen LogP contribution in [0.2, 0.25) is 0 Å². The highest BCUT2D eigenvalue weighted by molar-refractivity contribution is 4.77. The fourth-order valence-electron chi connectivity index (χ4n) is 2.13. The van der Waals surface area contributed by atoms with Gasteiger partial charge in [0, 0.05) is 19.1 Å². The summed E-state index contributed by atoms with van der Waals surface area (Å²) < 4.78 is 12.2. The third-order valence-corrected chi connectivity index (χ3v) is 2.72. The minimum Gasteiger partial charge on any atom is -0.313 e. The Bertz CT molecular complexity index is 150. The molecule has 0 amide bonds. The van der Waals surface area contributed by atoms with E-state index in [9.17, 15) is 4.39 Å². The number of hydrogen-bond donors (Lipinski definition) is 1. The van der Waals surface area contributed by atoms with Gasteiger partial charge in [-0.05, 0) is 31.8 Å². The lowest BCUT2D eigenvalue weighted by molar-refractivity contribution is 0.234. The molecule has 0 bridgehead atoms. The third-order valence-electron chi connectivity index (χ3n) is 2.72. The summed E-state index contributed by atoms with van der Waals surface area (Å²) >= 11 is 0. The molecular formula is C11H23FN2. The van der Waals surface area contributed by atoms with Crippen LogP contribution in [0.4, 0.5) is 4.39 Å². The van der Waals surface area contributed by atoms with Crippen LogP contribution in [0.5, 0.6) is 0 Å². The van der Waals surface area contributed by atoms with Crippen molar-refractivity contribution in [3.8, 4) is 0 Å². The van der Waals surface area contributed by atoms with Crippen LogP contribution >= 0.6 is 0 Å². The minimum absolute atomic E-state index is 0.214. The first-order valence-electron chi connectivity index (χ1n) is 5.74. The van der Waals surface area contributed by atoms with Gasteiger partial charge >= 0.3 is 0 Å². The number of nitrogens with zero attached hydrogens (tertiary/aromatic N) is 1. The molecule has 1 heterocycles. The van der Waals surface area contributed by atoms with Crippen LogP contribution in [0.25, 0.3) is 0 Å². The van der Waals surface area contributed by atoms with E-state index in [4.69, 9.17) is 0 Å². The number of hydrogen-bond acceptors (Lipinski definition) is 2. The lowest BCUT2D eigenvalue weighted by Gasteiger charge is -2.24. The van der Waals surface area contributed by atoms with E-state index in [0.29, 0.717) is 12.6 Å². The second-order valence-electron chi connectivity index (χ2n) is 4.62. The molecule has 1 unspecified atom stereocenters. The fourth-order valence-corrected chi connectivity index (χ4v) is 2.13. The Morgan fingerprint density at radius 1 is 1.50 bits per heavy atom. The molecule has 0 aromatic heterocycles. The normalized spacial score (nSPS) is 25.3. The Hall–Kier alpha value is -0.150. The van der Waals surface area contributed by atoms with Crippen molar-refractivity contribution < 1.29 is 4.39 Å². The van der Waals surface area contributed by atoms with Crippen LogP contribution in [0.1, 0.15) is 26.7 Å². The van der Waals surface area contributed by atoms with Gasteiger partial charge in [0.05, 0.1) is 0 Å². The number of alkyl halides is 1. The second kappa shape index (κ2) is 6.36. The molecule has 0 spiro atoms. The van der Waals surface area contributed by atoms with Crippen LogP contribution in [-0.4, -0.2) is 43.8 Å². The minimum atomic E-state index is -0.214. The molecule has 0 saturated carbocycles. The first-order chi connectivity index (χ1) is 6.72. The van der Waals surface area contributed by atoms with Crippen molar-refractivity contribution in [1.29, 1.82) is 0 Å². The van der Waals surface area contributed by atoms with Gasteiger partial charge < -0.3 is 5.32 Å². The second-order valence-corrected chi connectivity index (χ2v) is 4.62. The van der Waals surface area contributed by atoms with E-state index in [1.54, 1.807) is 0 Å². The monoisotopic (exact) mass is 202 g/mol. The van der Waals surface area contributed by atoms with Gasteiger partial charge in [0.25, 0.3) is 0 Å². The summed E-state index contributed by atoms with van der Waals surface area (Å²) in [6.45, 7) is 8.02. The topological polar surface area (TPSA) is 15.3 Å². The largest absolute Gasteiger partial charge is 0.313 e. The van der Waals surface area contributed by atoms with Crippen LogP contribution in [0, 0.1) is 5.92 Å². The molecule has 84 valence electrons. The predicted molar refractivity (Wildman–Crippen MR) is 58.3 cm³/mol. The third kappa shape index (κ3) is 4.38. The zero-order valence-corrected chi connectivity index (χ0v) is 9.43. The summed E-state index contributed by atoms with van der Waals surface area (Å²) in [7, 11) is 0. The zero-order chi connectivity index (χ0) is 10.4. The maximum Gasteiger partial charge on any atom is 0.102 e. The Balaban J connectivity index is 2.34. The maximum atomic E-state index is 12.2. The van der Waals surface area contributed by atoms with Crippen molar-refractivity contribution >= 4 is 0 Å². The number of halogens is 1. The van der Waals surface area contributed by atoms with Crippen LogP contribution in [0.3, 0.4) is 0 Å². The van der Waals surface area contributed by atoms with Crippen molar-refractivity contribution in [2.75, 3.05) is 32.9 Å². The van der Waals surface area contributed by atoms with Gasteiger partial charge in [0.1, 0.15) is 6.67 Å². The van der Waals surface area contributed by atoms with Crippen LogP contribution < -0.4 is 5.32 Å². The molecule has 3 heteroatoms. The van der Waals surface area contributed by atoms with E-state index in [-0.39, 0.29) is 6.67 Å². The summed E-state index contributed by atoms with van der Waals surface area (Å²) in [6, 6.07) is 0.559. The summed E-state index contributed by atoms with van der Waals surface area (Å²) in [5.41, 5.74) is 0. The van der Waals surface area contributed by atoms with Gasteiger partial charge in [-0.3, -0.25) is 4.90 Å². The number of nitrogens with one attached hydrogen (secondary N) is 1. The summed E-state index contributed by atoms with van der Waals surface area (Å²) in [4.78, 5) is 2.24. The first-order valence-corrected chi connectivity index (χ1v) is 5.74. The molecule has 1 saturated heterocycles.